The first-order valence-electron chi connectivity index (χ1n) is 10.7. The fourth-order valence-electron chi connectivity index (χ4n) is 3.98. The molecule has 4 rings (SSSR count). The molecule has 0 aliphatic carbocycles. The number of pyridine rings is 2. The fraction of sp³-hybridized carbons (Fsp3) is 0.240. The zero-order valence-corrected chi connectivity index (χ0v) is 19.7. The molecule has 35 heavy (non-hydrogen) atoms. The number of hydrogen-bond donors (Lipinski definition) is 2. The molecule has 182 valence electrons. The number of carbonyl (C=O) groups is 1. The Morgan fingerprint density at radius 3 is 2.51 bits per heavy atom. The second kappa shape index (κ2) is 9.99. The summed E-state index contributed by atoms with van der Waals surface area (Å²) in [5.41, 5.74) is -0.251. The molecule has 0 radical (unpaired) electrons. The van der Waals surface area contributed by atoms with Gasteiger partial charge in [-0.25, -0.2) is 9.78 Å². The molecule has 0 spiro atoms. The maximum absolute atomic E-state index is 14.0. The summed E-state index contributed by atoms with van der Waals surface area (Å²) < 4.78 is 48.0. The van der Waals surface area contributed by atoms with Gasteiger partial charge in [0.2, 0.25) is 5.88 Å². The topological polar surface area (TPSA) is 84.3 Å². The Balaban J connectivity index is 1.94. The SMILES string of the molecule is CC(C)Oc1nccc2c1C(c1ccccc1C(F)(F)F)C(C(=O)O)=C(CSc1ccncc1)N2. The number of aliphatic carboxylic acids is 1. The average Bonchev–Trinajstić information content (AvgIpc) is 2.81. The Morgan fingerprint density at radius 2 is 1.86 bits per heavy atom. The van der Waals surface area contributed by atoms with E-state index >= 15 is 0 Å². The lowest BCUT2D eigenvalue weighted by Gasteiger charge is -2.32. The van der Waals surface area contributed by atoms with Crippen molar-refractivity contribution in [3.8, 4) is 5.88 Å². The highest BCUT2D eigenvalue weighted by atomic mass is 32.2. The molecule has 1 aliphatic rings. The number of nitrogens with zero attached hydrogens (tertiary/aromatic N) is 2. The van der Waals surface area contributed by atoms with Gasteiger partial charge in [0.25, 0.3) is 0 Å². The number of rotatable bonds is 7. The Hall–Kier alpha value is -3.53. The summed E-state index contributed by atoms with van der Waals surface area (Å²) in [7, 11) is 0. The molecule has 3 heterocycles. The number of hydrogen-bond acceptors (Lipinski definition) is 6. The third-order valence-electron chi connectivity index (χ3n) is 5.33. The summed E-state index contributed by atoms with van der Waals surface area (Å²) >= 11 is 1.35. The predicted octanol–water partition coefficient (Wildman–Crippen LogP) is 5.97. The summed E-state index contributed by atoms with van der Waals surface area (Å²) in [5.74, 6) is -2.29. The van der Waals surface area contributed by atoms with Crippen LogP contribution in [0.4, 0.5) is 18.9 Å². The molecule has 2 N–H and O–H groups in total. The van der Waals surface area contributed by atoms with E-state index < -0.39 is 23.6 Å². The van der Waals surface area contributed by atoms with Crippen LogP contribution in [0.15, 0.2) is 77.2 Å². The van der Waals surface area contributed by atoms with Crippen LogP contribution in [0.25, 0.3) is 0 Å². The molecule has 0 saturated carbocycles. The highest BCUT2D eigenvalue weighted by Gasteiger charge is 2.42. The van der Waals surface area contributed by atoms with E-state index in [1.165, 1.54) is 36.2 Å². The molecule has 6 nitrogen and oxygen atoms in total. The molecule has 0 amide bonds. The van der Waals surface area contributed by atoms with Crippen molar-refractivity contribution in [3.63, 3.8) is 0 Å². The van der Waals surface area contributed by atoms with Crippen LogP contribution in [0.5, 0.6) is 5.88 Å². The minimum absolute atomic E-state index is 0.0894. The van der Waals surface area contributed by atoms with Crippen molar-refractivity contribution in [1.29, 1.82) is 0 Å². The lowest BCUT2D eigenvalue weighted by atomic mass is 9.79. The summed E-state index contributed by atoms with van der Waals surface area (Å²) in [5, 5.41) is 13.4. The van der Waals surface area contributed by atoms with Gasteiger partial charge >= 0.3 is 12.1 Å². The van der Waals surface area contributed by atoms with Crippen LogP contribution in [0.3, 0.4) is 0 Å². The summed E-state index contributed by atoms with van der Waals surface area (Å²) in [4.78, 5) is 21.7. The number of alkyl halides is 3. The number of thioether (sulfide) groups is 1. The van der Waals surface area contributed by atoms with Crippen LogP contribution in [0, 0.1) is 0 Å². The fourth-order valence-corrected chi connectivity index (χ4v) is 4.83. The van der Waals surface area contributed by atoms with Crippen molar-refractivity contribution in [1.82, 2.24) is 9.97 Å². The number of halogens is 3. The van der Waals surface area contributed by atoms with Crippen molar-refractivity contribution < 1.29 is 27.8 Å². The Labute approximate surface area is 204 Å². The maximum Gasteiger partial charge on any atom is 0.416 e. The molecule has 0 bridgehead atoms. The summed E-state index contributed by atoms with van der Waals surface area (Å²) in [6, 6.07) is 10.2. The third-order valence-corrected chi connectivity index (χ3v) is 6.37. The predicted molar refractivity (Wildman–Crippen MR) is 127 cm³/mol. The number of nitrogens with one attached hydrogen (secondary N) is 1. The quantitative estimate of drug-likeness (QED) is 0.386. The van der Waals surface area contributed by atoms with Crippen LogP contribution in [0.1, 0.15) is 36.5 Å². The molecular weight excluding hydrogens is 479 g/mol. The Morgan fingerprint density at radius 1 is 1.14 bits per heavy atom. The van der Waals surface area contributed by atoms with E-state index in [1.54, 1.807) is 44.4 Å². The minimum Gasteiger partial charge on any atom is -0.478 e. The molecule has 1 unspecified atom stereocenters. The van der Waals surface area contributed by atoms with Crippen molar-refractivity contribution >= 4 is 23.4 Å². The van der Waals surface area contributed by atoms with Gasteiger partial charge in [-0.1, -0.05) is 18.2 Å². The van der Waals surface area contributed by atoms with Crippen molar-refractivity contribution in [2.75, 3.05) is 11.1 Å². The molecule has 2 aromatic heterocycles. The summed E-state index contributed by atoms with van der Waals surface area (Å²) in [6.07, 6.45) is -0.300. The second-order valence-electron chi connectivity index (χ2n) is 8.06. The first-order chi connectivity index (χ1) is 16.7. The normalized spacial score (nSPS) is 15.5. The molecule has 0 fully saturated rings. The van der Waals surface area contributed by atoms with Crippen LogP contribution in [0.2, 0.25) is 0 Å². The second-order valence-corrected chi connectivity index (χ2v) is 9.10. The van der Waals surface area contributed by atoms with Gasteiger partial charge in [-0.15, -0.1) is 11.8 Å². The highest BCUT2D eigenvalue weighted by Crippen LogP contribution is 2.49. The molecule has 1 atom stereocenters. The van der Waals surface area contributed by atoms with Crippen molar-refractivity contribution in [3.05, 3.63) is 89.0 Å². The number of carboxylic acid groups (broad SMARTS) is 1. The van der Waals surface area contributed by atoms with Crippen LogP contribution < -0.4 is 10.1 Å². The highest BCUT2D eigenvalue weighted by molar-refractivity contribution is 7.99. The molecule has 1 aliphatic heterocycles. The number of anilines is 1. The third kappa shape index (κ3) is 5.27. The largest absolute Gasteiger partial charge is 0.478 e. The van der Waals surface area contributed by atoms with E-state index in [0.717, 1.165) is 11.0 Å². The molecule has 1 aromatic carbocycles. The molecule has 3 aromatic rings. The van der Waals surface area contributed by atoms with E-state index in [9.17, 15) is 23.1 Å². The number of fused-ring (bicyclic) bond motifs is 1. The zero-order chi connectivity index (χ0) is 25.2. The standard InChI is InChI=1S/C25H22F3N3O3S/c1-14(2)34-23-21-18(9-12-30-23)31-19(13-35-15-7-10-29-11-8-15)22(24(32)33)20(21)16-5-3-4-6-17(16)25(26,27)28/h3-12,14,20,31H,13H2,1-2H3,(H,32,33). The number of carboxylic acids is 1. The van der Waals surface area contributed by atoms with Crippen molar-refractivity contribution in [2.24, 2.45) is 0 Å². The van der Waals surface area contributed by atoms with Gasteiger partial charge in [0.05, 0.1) is 23.2 Å². The van der Waals surface area contributed by atoms with Gasteiger partial charge in [0.1, 0.15) is 0 Å². The van der Waals surface area contributed by atoms with Crippen LogP contribution in [-0.4, -0.2) is 32.9 Å². The van der Waals surface area contributed by atoms with Gasteiger partial charge in [-0.2, -0.15) is 13.2 Å². The van der Waals surface area contributed by atoms with E-state index in [4.69, 9.17) is 4.74 Å². The van der Waals surface area contributed by atoms with E-state index in [2.05, 4.69) is 15.3 Å². The number of aromatic nitrogens is 2. The van der Waals surface area contributed by atoms with Gasteiger partial charge < -0.3 is 15.2 Å². The van der Waals surface area contributed by atoms with Gasteiger partial charge in [0.15, 0.2) is 0 Å². The first-order valence-corrected chi connectivity index (χ1v) is 11.7. The van der Waals surface area contributed by atoms with E-state index in [0.29, 0.717) is 11.4 Å². The van der Waals surface area contributed by atoms with Gasteiger partial charge in [0, 0.05) is 46.2 Å². The smallest absolute Gasteiger partial charge is 0.416 e. The Kier molecular flexibility index (Phi) is 7.02. The molecule has 0 saturated heterocycles. The average molecular weight is 502 g/mol. The molecular formula is C25H22F3N3O3S. The minimum atomic E-state index is -4.68. The zero-order valence-electron chi connectivity index (χ0n) is 18.8. The van der Waals surface area contributed by atoms with Gasteiger partial charge in [-0.3, -0.25) is 4.98 Å². The van der Waals surface area contributed by atoms with Crippen LogP contribution in [-0.2, 0) is 11.0 Å². The monoisotopic (exact) mass is 501 g/mol. The van der Waals surface area contributed by atoms with Gasteiger partial charge in [-0.05, 0) is 43.7 Å². The number of ether oxygens (including phenoxy) is 1. The lowest BCUT2D eigenvalue weighted by molar-refractivity contribution is -0.139. The maximum atomic E-state index is 14.0. The lowest BCUT2D eigenvalue weighted by Crippen LogP contribution is -2.28. The van der Waals surface area contributed by atoms with E-state index in [-0.39, 0.29) is 34.4 Å². The molecule has 10 heteroatoms. The van der Waals surface area contributed by atoms with Crippen molar-refractivity contribution in [2.45, 2.75) is 36.9 Å². The Bertz CT molecular complexity index is 1260. The summed E-state index contributed by atoms with van der Waals surface area (Å²) in [6.45, 7) is 3.53. The first kappa shape index (κ1) is 24.6. The number of benzene rings is 1. The van der Waals surface area contributed by atoms with E-state index in [1.807, 2.05) is 0 Å². The van der Waals surface area contributed by atoms with Crippen LogP contribution >= 0.6 is 11.8 Å².